The number of hydrogen-bond donors (Lipinski definition) is 2. The van der Waals surface area contributed by atoms with E-state index in [9.17, 15) is 14.0 Å². The van der Waals surface area contributed by atoms with Crippen molar-refractivity contribution in [3.05, 3.63) is 35.1 Å². The van der Waals surface area contributed by atoms with Crippen LogP contribution in [0.25, 0.3) is 0 Å². The number of carbonyl (C=O) groups is 2. The predicted molar refractivity (Wildman–Crippen MR) is 64.7 cm³/mol. The molecule has 1 aliphatic heterocycles. The van der Waals surface area contributed by atoms with Crippen LogP contribution in [0, 0.1) is 5.82 Å². The van der Waals surface area contributed by atoms with Crippen LogP contribution in [0.2, 0.25) is 0 Å². The molecule has 1 aromatic carbocycles. The number of halogens is 1. The molecule has 1 aliphatic rings. The average molecular weight is 267 g/mol. The molecule has 5 nitrogen and oxygen atoms in total. The Morgan fingerprint density at radius 2 is 2.21 bits per heavy atom. The van der Waals surface area contributed by atoms with E-state index in [1.807, 2.05) is 6.92 Å². The van der Waals surface area contributed by atoms with Gasteiger partial charge in [0.05, 0.1) is 23.3 Å². The molecular weight excluding hydrogens is 253 g/mol. The lowest BCUT2D eigenvalue weighted by molar-refractivity contribution is 0.0695. The number of benzene rings is 1. The molecule has 19 heavy (non-hydrogen) atoms. The fourth-order valence-electron chi connectivity index (χ4n) is 1.94. The van der Waals surface area contributed by atoms with E-state index in [0.29, 0.717) is 19.6 Å². The van der Waals surface area contributed by atoms with Crippen LogP contribution in [0.5, 0.6) is 0 Å². The van der Waals surface area contributed by atoms with E-state index in [1.165, 1.54) is 12.1 Å². The zero-order chi connectivity index (χ0) is 14.0. The number of nitrogens with one attached hydrogen (secondary N) is 1. The van der Waals surface area contributed by atoms with Crippen LogP contribution in [0.1, 0.15) is 34.1 Å². The van der Waals surface area contributed by atoms with Crippen molar-refractivity contribution < 1.29 is 23.8 Å². The largest absolute Gasteiger partial charge is 0.478 e. The minimum Gasteiger partial charge on any atom is -0.478 e. The van der Waals surface area contributed by atoms with Crippen LogP contribution in [0.15, 0.2) is 18.2 Å². The molecule has 102 valence electrons. The van der Waals surface area contributed by atoms with Gasteiger partial charge in [-0.2, -0.15) is 0 Å². The van der Waals surface area contributed by atoms with Crippen molar-refractivity contribution in [2.75, 3.05) is 13.2 Å². The fourth-order valence-corrected chi connectivity index (χ4v) is 1.94. The van der Waals surface area contributed by atoms with E-state index in [1.54, 1.807) is 0 Å². The first-order valence-electron chi connectivity index (χ1n) is 5.84. The molecule has 0 saturated carbocycles. The molecule has 1 fully saturated rings. The third-order valence-corrected chi connectivity index (χ3v) is 3.09. The fraction of sp³-hybridized carbons (Fsp3) is 0.385. The van der Waals surface area contributed by atoms with Crippen molar-refractivity contribution in [2.45, 2.75) is 18.9 Å². The molecule has 2 rings (SSSR count). The maximum Gasteiger partial charge on any atom is 0.335 e. The minimum atomic E-state index is -1.23. The van der Waals surface area contributed by atoms with E-state index in [4.69, 9.17) is 9.84 Å². The Hall–Kier alpha value is -1.95. The highest BCUT2D eigenvalue weighted by molar-refractivity contribution is 5.96. The lowest BCUT2D eigenvalue weighted by atomic mass is 10.0. The summed E-state index contributed by atoms with van der Waals surface area (Å²) in [7, 11) is 0. The van der Waals surface area contributed by atoms with Gasteiger partial charge in [0.25, 0.3) is 5.91 Å². The highest BCUT2D eigenvalue weighted by atomic mass is 19.1. The van der Waals surface area contributed by atoms with Crippen molar-refractivity contribution in [2.24, 2.45) is 0 Å². The standard InChI is InChI=1S/C13H14FNO4/c1-13(4-5-19-7-13)15-11(16)9-3-2-8(12(17)18)6-10(9)14/h2-3,6H,4-5,7H2,1H3,(H,15,16)(H,17,18). The summed E-state index contributed by atoms with van der Waals surface area (Å²) in [6.07, 6.45) is 0.660. The zero-order valence-electron chi connectivity index (χ0n) is 10.4. The van der Waals surface area contributed by atoms with Crippen LogP contribution in [-0.2, 0) is 4.74 Å². The molecule has 1 aromatic rings. The van der Waals surface area contributed by atoms with Crippen molar-refractivity contribution in [3.8, 4) is 0 Å². The second kappa shape index (κ2) is 4.97. The first kappa shape index (κ1) is 13.5. The molecule has 1 unspecified atom stereocenters. The highest BCUT2D eigenvalue weighted by Gasteiger charge is 2.32. The number of hydrogen-bond acceptors (Lipinski definition) is 3. The molecule has 0 aromatic heterocycles. The third-order valence-electron chi connectivity index (χ3n) is 3.09. The van der Waals surface area contributed by atoms with Gasteiger partial charge < -0.3 is 15.2 Å². The Labute approximate surface area is 109 Å². The Balaban J connectivity index is 2.17. The van der Waals surface area contributed by atoms with E-state index in [-0.39, 0.29) is 11.1 Å². The number of carboxylic acids is 1. The molecule has 1 heterocycles. The van der Waals surface area contributed by atoms with Gasteiger partial charge in [-0.25, -0.2) is 9.18 Å². The van der Waals surface area contributed by atoms with Crippen LogP contribution in [-0.4, -0.2) is 35.7 Å². The van der Waals surface area contributed by atoms with Gasteiger partial charge in [0, 0.05) is 6.61 Å². The smallest absolute Gasteiger partial charge is 0.335 e. The molecule has 6 heteroatoms. The first-order chi connectivity index (χ1) is 8.91. The number of rotatable bonds is 3. The summed E-state index contributed by atoms with van der Waals surface area (Å²) in [6, 6.07) is 3.21. The number of amides is 1. The second-order valence-electron chi connectivity index (χ2n) is 4.82. The van der Waals surface area contributed by atoms with Gasteiger partial charge in [-0.05, 0) is 31.5 Å². The molecule has 0 radical (unpaired) electrons. The Morgan fingerprint density at radius 3 is 2.74 bits per heavy atom. The normalized spacial score (nSPS) is 22.2. The van der Waals surface area contributed by atoms with Gasteiger partial charge in [0.2, 0.25) is 0 Å². The lowest BCUT2D eigenvalue weighted by Gasteiger charge is -2.23. The van der Waals surface area contributed by atoms with Gasteiger partial charge in [-0.1, -0.05) is 0 Å². The summed E-state index contributed by atoms with van der Waals surface area (Å²) in [5.74, 6) is -2.65. The molecule has 0 spiro atoms. The summed E-state index contributed by atoms with van der Waals surface area (Å²) in [4.78, 5) is 22.6. The SMILES string of the molecule is CC1(NC(=O)c2ccc(C(=O)O)cc2F)CCOC1. The van der Waals surface area contributed by atoms with E-state index >= 15 is 0 Å². The molecular formula is C13H14FNO4. The Morgan fingerprint density at radius 1 is 1.47 bits per heavy atom. The summed E-state index contributed by atoms with van der Waals surface area (Å²) in [6.45, 7) is 2.76. The molecule has 1 saturated heterocycles. The predicted octanol–water partition coefficient (Wildman–Crippen LogP) is 1.43. The molecule has 1 amide bonds. The quantitative estimate of drug-likeness (QED) is 0.868. The number of carboxylic acid groups (broad SMARTS) is 1. The maximum atomic E-state index is 13.7. The summed E-state index contributed by atoms with van der Waals surface area (Å²) in [5, 5.41) is 11.4. The van der Waals surface area contributed by atoms with Gasteiger partial charge >= 0.3 is 5.97 Å². The van der Waals surface area contributed by atoms with Crippen LogP contribution < -0.4 is 5.32 Å². The molecule has 0 aliphatic carbocycles. The van der Waals surface area contributed by atoms with E-state index < -0.39 is 23.2 Å². The van der Waals surface area contributed by atoms with Crippen LogP contribution in [0.3, 0.4) is 0 Å². The minimum absolute atomic E-state index is 0.168. The van der Waals surface area contributed by atoms with Gasteiger partial charge in [-0.15, -0.1) is 0 Å². The van der Waals surface area contributed by atoms with Gasteiger partial charge in [0.1, 0.15) is 5.82 Å². The van der Waals surface area contributed by atoms with Crippen molar-refractivity contribution >= 4 is 11.9 Å². The summed E-state index contributed by atoms with van der Waals surface area (Å²) in [5.41, 5.74) is -0.864. The summed E-state index contributed by atoms with van der Waals surface area (Å²) < 4.78 is 18.9. The van der Waals surface area contributed by atoms with E-state index in [0.717, 1.165) is 6.07 Å². The number of aromatic carboxylic acids is 1. The topological polar surface area (TPSA) is 75.6 Å². The second-order valence-corrected chi connectivity index (χ2v) is 4.82. The number of carbonyl (C=O) groups excluding carboxylic acids is 1. The summed E-state index contributed by atoms with van der Waals surface area (Å²) >= 11 is 0. The van der Waals surface area contributed by atoms with Crippen molar-refractivity contribution in [3.63, 3.8) is 0 Å². The van der Waals surface area contributed by atoms with Crippen molar-refractivity contribution in [1.82, 2.24) is 5.32 Å². The van der Waals surface area contributed by atoms with Crippen LogP contribution in [0.4, 0.5) is 4.39 Å². The molecule has 1 atom stereocenters. The van der Waals surface area contributed by atoms with Gasteiger partial charge in [-0.3, -0.25) is 4.79 Å². The first-order valence-corrected chi connectivity index (χ1v) is 5.84. The zero-order valence-corrected chi connectivity index (χ0v) is 10.4. The maximum absolute atomic E-state index is 13.7. The molecule has 2 N–H and O–H groups in total. The van der Waals surface area contributed by atoms with Crippen LogP contribution >= 0.6 is 0 Å². The Bertz CT molecular complexity index is 523. The van der Waals surface area contributed by atoms with Crippen molar-refractivity contribution in [1.29, 1.82) is 0 Å². The Kier molecular flexibility index (Phi) is 3.53. The highest BCUT2D eigenvalue weighted by Crippen LogP contribution is 2.19. The third kappa shape index (κ3) is 2.90. The molecule has 0 bridgehead atoms. The monoisotopic (exact) mass is 267 g/mol. The van der Waals surface area contributed by atoms with Gasteiger partial charge in [0.15, 0.2) is 0 Å². The van der Waals surface area contributed by atoms with E-state index in [2.05, 4.69) is 5.32 Å². The number of ether oxygens (including phenoxy) is 1. The lowest BCUT2D eigenvalue weighted by Crippen LogP contribution is -2.46. The average Bonchev–Trinajstić information content (AvgIpc) is 2.75.